The first-order valence-electron chi connectivity index (χ1n) is 6.04. The third-order valence-corrected chi connectivity index (χ3v) is 3.50. The maximum absolute atomic E-state index is 5.63. The first-order chi connectivity index (χ1) is 9.28. The highest BCUT2D eigenvalue weighted by Gasteiger charge is 2.11. The number of hydrogen-bond donors (Lipinski definition) is 2. The Kier molecular flexibility index (Phi) is 4.69. The quantitative estimate of drug-likeness (QED) is 0.577. The van der Waals surface area contributed by atoms with E-state index in [0.29, 0.717) is 18.8 Å². The van der Waals surface area contributed by atoms with Crippen LogP contribution in [0.25, 0.3) is 0 Å². The maximum Gasteiger partial charge on any atom is 0.191 e. The van der Waals surface area contributed by atoms with Gasteiger partial charge in [0.15, 0.2) is 5.16 Å². The molecule has 0 bridgehead atoms. The molecule has 7 nitrogen and oxygen atoms in total. The zero-order chi connectivity index (χ0) is 13.7. The number of allylic oxidation sites excluding steroid dienone is 1. The topological polar surface area (TPSA) is 98.3 Å². The minimum absolute atomic E-state index is 0.365. The lowest BCUT2D eigenvalue weighted by Gasteiger charge is -2.05. The highest BCUT2D eigenvalue weighted by molar-refractivity contribution is 7.98. The molecule has 2 heterocycles. The number of thioether (sulfide) groups is 1. The van der Waals surface area contributed by atoms with Gasteiger partial charge in [-0.25, -0.2) is 4.98 Å². The lowest BCUT2D eigenvalue weighted by molar-refractivity contribution is 0.680. The number of aromatic nitrogens is 6. The summed E-state index contributed by atoms with van der Waals surface area (Å²) in [5.41, 5.74) is 5.63. The molecular weight excluding hydrogens is 262 g/mol. The van der Waals surface area contributed by atoms with Crippen LogP contribution < -0.4 is 5.73 Å². The lowest BCUT2D eigenvalue weighted by atomic mass is 10.5. The normalized spacial score (nSPS) is 10.8. The van der Waals surface area contributed by atoms with E-state index in [1.807, 2.05) is 11.5 Å². The fourth-order valence-corrected chi connectivity index (χ4v) is 2.41. The first-order valence-corrected chi connectivity index (χ1v) is 7.03. The molecule has 0 fully saturated rings. The van der Waals surface area contributed by atoms with E-state index in [9.17, 15) is 0 Å². The van der Waals surface area contributed by atoms with Crippen molar-refractivity contribution in [2.24, 2.45) is 5.73 Å². The molecule has 0 unspecified atom stereocenters. The second kappa shape index (κ2) is 6.48. The molecule has 2 rings (SSSR count). The Morgan fingerprint density at radius 1 is 1.47 bits per heavy atom. The van der Waals surface area contributed by atoms with Crippen molar-refractivity contribution in [1.82, 2.24) is 29.9 Å². The van der Waals surface area contributed by atoms with Gasteiger partial charge in [0, 0.05) is 13.0 Å². The number of nitrogens with one attached hydrogen (secondary N) is 1. The molecule has 3 N–H and O–H groups in total. The van der Waals surface area contributed by atoms with Crippen LogP contribution in [-0.4, -0.2) is 29.9 Å². The second-order valence-electron chi connectivity index (χ2n) is 3.84. The SMILES string of the molecule is C=CCn1c(CN)nnc1SCc1nc(CC)n[nH]1. The fourth-order valence-electron chi connectivity index (χ4n) is 1.58. The Morgan fingerprint density at radius 3 is 2.95 bits per heavy atom. The van der Waals surface area contributed by atoms with Crippen molar-refractivity contribution in [3.63, 3.8) is 0 Å². The average molecular weight is 279 g/mol. The van der Waals surface area contributed by atoms with Crippen LogP contribution in [0.1, 0.15) is 24.4 Å². The molecule has 19 heavy (non-hydrogen) atoms. The summed E-state index contributed by atoms with van der Waals surface area (Å²) >= 11 is 1.55. The van der Waals surface area contributed by atoms with Crippen LogP contribution in [0, 0.1) is 0 Å². The highest BCUT2D eigenvalue weighted by Crippen LogP contribution is 2.20. The number of nitrogens with zero attached hydrogens (tertiary/aromatic N) is 5. The van der Waals surface area contributed by atoms with Crippen molar-refractivity contribution in [2.75, 3.05) is 0 Å². The monoisotopic (exact) mass is 279 g/mol. The number of nitrogens with two attached hydrogens (primary N) is 1. The average Bonchev–Trinajstić information content (AvgIpc) is 3.03. The lowest BCUT2D eigenvalue weighted by Crippen LogP contribution is -2.08. The molecule has 0 amide bonds. The van der Waals surface area contributed by atoms with E-state index in [-0.39, 0.29) is 0 Å². The van der Waals surface area contributed by atoms with Crippen molar-refractivity contribution in [2.45, 2.75) is 37.3 Å². The number of hydrogen-bond acceptors (Lipinski definition) is 6. The third-order valence-electron chi connectivity index (χ3n) is 2.52. The molecule has 2 aromatic rings. The Labute approximate surface area is 115 Å². The smallest absolute Gasteiger partial charge is 0.191 e. The van der Waals surface area contributed by atoms with Gasteiger partial charge in [0.2, 0.25) is 0 Å². The number of rotatable bonds is 7. The second-order valence-corrected chi connectivity index (χ2v) is 4.79. The minimum atomic E-state index is 0.365. The molecule has 0 aliphatic heterocycles. The molecule has 0 aromatic carbocycles. The Morgan fingerprint density at radius 2 is 2.32 bits per heavy atom. The molecule has 0 aliphatic carbocycles. The number of aryl methyl sites for hydroxylation is 1. The van der Waals surface area contributed by atoms with Gasteiger partial charge < -0.3 is 10.3 Å². The van der Waals surface area contributed by atoms with E-state index in [1.54, 1.807) is 17.8 Å². The van der Waals surface area contributed by atoms with Gasteiger partial charge in [-0.15, -0.1) is 16.8 Å². The van der Waals surface area contributed by atoms with Gasteiger partial charge in [0.25, 0.3) is 0 Å². The van der Waals surface area contributed by atoms with E-state index in [4.69, 9.17) is 5.73 Å². The van der Waals surface area contributed by atoms with Crippen LogP contribution in [0.15, 0.2) is 17.8 Å². The zero-order valence-corrected chi connectivity index (χ0v) is 11.7. The molecular formula is C11H17N7S. The van der Waals surface area contributed by atoms with E-state index in [0.717, 1.165) is 29.1 Å². The molecule has 2 aromatic heterocycles. The molecule has 0 radical (unpaired) electrons. The van der Waals surface area contributed by atoms with Gasteiger partial charge in [-0.2, -0.15) is 5.10 Å². The van der Waals surface area contributed by atoms with Crippen LogP contribution >= 0.6 is 11.8 Å². The van der Waals surface area contributed by atoms with Crippen LogP contribution in [0.5, 0.6) is 0 Å². The van der Waals surface area contributed by atoms with Crippen molar-refractivity contribution < 1.29 is 0 Å². The first kappa shape index (κ1) is 13.8. The Hall–Kier alpha value is -1.67. The summed E-state index contributed by atoms with van der Waals surface area (Å²) in [7, 11) is 0. The van der Waals surface area contributed by atoms with E-state index < -0.39 is 0 Å². The largest absolute Gasteiger partial charge is 0.324 e. The molecule has 8 heteroatoms. The molecule has 102 valence electrons. The van der Waals surface area contributed by atoms with Crippen molar-refractivity contribution in [1.29, 1.82) is 0 Å². The summed E-state index contributed by atoms with van der Waals surface area (Å²) in [6, 6.07) is 0. The van der Waals surface area contributed by atoms with E-state index in [2.05, 4.69) is 32.0 Å². The van der Waals surface area contributed by atoms with Gasteiger partial charge in [-0.3, -0.25) is 5.10 Å². The summed E-state index contributed by atoms with van der Waals surface area (Å²) in [4.78, 5) is 4.36. The molecule has 0 aliphatic rings. The molecule has 0 atom stereocenters. The van der Waals surface area contributed by atoms with Crippen molar-refractivity contribution in [3.8, 4) is 0 Å². The molecule has 0 saturated carbocycles. The van der Waals surface area contributed by atoms with Gasteiger partial charge in [-0.1, -0.05) is 24.8 Å². The van der Waals surface area contributed by atoms with Crippen LogP contribution in [0.2, 0.25) is 0 Å². The third kappa shape index (κ3) is 3.21. The molecule has 0 spiro atoms. The summed E-state index contributed by atoms with van der Waals surface area (Å²) < 4.78 is 1.95. The van der Waals surface area contributed by atoms with Crippen LogP contribution in [-0.2, 0) is 25.3 Å². The number of aromatic amines is 1. The molecule has 0 saturated heterocycles. The minimum Gasteiger partial charge on any atom is -0.324 e. The summed E-state index contributed by atoms with van der Waals surface area (Å²) in [6.45, 7) is 6.77. The van der Waals surface area contributed by atoms with E-state index >= 15 is 0 Å². The van der Waals surface area contributed by atoms with Gasteiger partial charge in [0.1, 0.15) is 17.5 Å². The predicted molar refractivity (Wildman–Crippen MR) is 73.4 cm³/mol. The van der Waals surface area contributed by atoms with Gasteiger partial charge in [-0.05, 0) is 0 Å². The predicted octanol–water partition coefficient (Wildman–Crippen LogP) is 0.896. The van der Waals surface area contributed by atoms with Gasteiger partial charge in [0.05, 0.1) is 12.3 Å². The Balaban J connectivity index is 2.06. The maximum atomic E-state index is 5.63. The summed E-state index contributed by atoms with van der Waals surface area (Å²) in [5.74, 6) is 3.09. The Bertz CT molecular complexity index is 545. The fraction of sp³-hybridized carbons (Fsp3) is 0.455. The van der Waals surface area contributed by atoms with Crippen molar-refractivity contribution in [3.05, 3.63) is 30.1 Å². The highest BCUT2D eigenvalue weighted by atomic mass is 32.2. The zero-order valence-electron chi connectivity index (χ0n) is 10.8. The van der Waals surface area contributed by atoms with Crippen LogP contribution in [0.3, 0.4) is 0 Å². The van der Waals surface area contributed by atoms with Crippen molar-refractivity contribution >= 4 is 11.8 Å². The standard InChI is InChI=1S/C11H17N7S/c1-3-5-18-10(6-12)16-17-11(18)19-7-9-13-8(4-2)14-15-9/h3H,1,4-7,12H2,2H3,(H,13,14,15). The number of H-pyrrole nitrogens is 1. The van der Waals surface area contributed by atoms with Crippen LogP contribution in [0.4, 0.5) is 0 Å². The summed E-state index contributed by atoms with van der Waals surface area (Å²) in [5, 5.41) is 16.0. The van der Waals surface area contributed by atoms with E-state index in [1.165, 1.54) is 0 Å². The summed E-state index contributed by atoms with van der Waals surface area (Å²) in [6.07, 6.45) is 2.63. The van der Waals surface area contributed by atoms with Gasteiger partial charge >= 0.3 is 0 Å².